The molecule has 0 heterocycles. The standard InChI is InChI=1S/C6H14N6O/c1-10-4(13)2-3-11-6(9)12-5(7)8/h2-3H2,1H3,(H,10,13)(H6,7,8,9,11,12). The Bertz CT molecular complexity index is 229. The van der Waals surface area contributed by atoms with Crippen molar-refractivity contribution in [2.45, 2.75) is 6.42 Å². The van der Waals surface area contributed by atoms with E-state index in [0.717, 1.165) is 0 Å². The van der Waals surface area contributed by atoms with Gasteiger partial charge in [0.15, 0.2) is 5.96 Å². The summed E-state index contributed by atoms with van der Waals surface area (Å²) in [4.78, 5) is 17.9. The van der Waals surface area contributed by atoms with Gasteiger partial charge >= 0.3 is 0 Å². The van der Waals surface area contributed by atoms with E-state index < -0.39 is 0 Å². The molecule has 7 heteroatoms. The average Bonchev–Trinajstić information content (AvgIpc) is 2.02. The number of guanidine groups is 2. The maximum atomic E-state index is 10.7. The lowest BCUT2D eigenvalue weighted by molar-refractivity contribution is -0.120. The SMILES string of the molecule is CNC(=O)CCN=C(N)N=C(N)N. The molecule has 0 spiro atoms. The number of aliphatic imine (C=N–C) groups is 2. The molecule has 13 heavy (non-hydrogen) atoms. The third-order valence-corrected chi connectivity index (χ3v) is 1.14. The van der Waals surface area contributed by atoms with Gasteiger partial charge in [-0.1, -0.05) is 0 Å². The zero-order valence-electron chi connectivity index (χ0n) is 7.45. The highest BCUT2D eigenvalue weighted by Crippen LogP contribution is 1.81. The van der Waals surface area contributed by atoms with E-state index in [1.165, 1.54) is 0 Å². The number of hydrogen-bond acceptors (Lipinski definition) is 2. The number of amides is 1. The van der Waals surface area contributed by atoms with Crippen molar-refractivity contribution in [2.75, 3.05) is 13.6 Å². The Morgan fingerprint density at radius 2 is 2.00 bits per heavy atom. The molecule has 0 unspecified atom stereocenters. The zero-order chi connectivity index (χ0) is 10.3. The first kappa shape index (κ1) is 11.2. The van der Waals surface area contributed by atoms with Crippen LogP contribution in [0.2, 0.25) is 0 Å². The molecule has 0 atom stereocenters. The molecule has 0 fully saturated rings. The Hall–Kier alpha value is -1.79. The van der Waals surface area contributed by atoms with Crippen LogP contribution in [0.25, 0.3) is 0 Å². The first-order valence-electron chi connectivity index (χ1n) is 3.66. The first-order valence-corrected chi connectivity index (χ1v) is 3.66. The average molecular weight is 186 g/mol. The second-order valence-electron chi connectivity index (χ2n) is 2.20. The van der Waals surface area contributed by atoms with Gasteiger partial charge in [0.2, 0.25) is 11.9 Å². The van der Waals surface area contributed by atoms with Crippen LogP contribution in [0.1, 0.15) is 6.42 Å². The maximum Gasteiger partial charge on any atom is 0.221 e. The van der Waals surface area contributed by atoms with Gasteiger partial charge in [-0.15, -0.1) is 0 Å². The van der Waals surface area contributed by atoms with Crippen LogP contribution in [-0.4, -0.2) is 31.4 Å². The summed E-state index contributed by atoms with van der Waals surface area (Å²) in [6, 6.07) is 0. The fourth-order valence-corrected chi connectivity index (χ4v) is 0.565. The molecule has 0 aromatic rings. The molecule has 0 saturated heterocycles. The highest BCUT2D eigenvalue weighted by molar-refractivity contribution is 5.92. The van der Waals surface area contributed by atoms with E-state index in [9.17, 15) is 4.79 Å². The summed E-state index contributed by atoms with van der Waals surface area (Å²) < 4.78 is 0. The molecule has 0 aromatic carbocycles. The van der Waals surface area contributed by atoms with Crippen LogP contribution in [0.5, 0.6) is 0 Å². The molecule has 0 aliphatic carbocycles. The molecule has 0 saturated carbocycles. The Balaban J connectivity index is 3.85. The monoisotopic (exact) mass is 186 g/mol. The Kier molecular flexibility index (Phi) is 5.01. The zero-order valence-corrected chi connectivity index (χ0v) is 7.45. The highest BCUT2D eigenvalue weighted by atomic mass is 16.1. The molecule has 74 valence electrons. The van der Waals surface area contributed by atoms with E-state index in [1.54, 1.807) is 7.05 Å². The normalized spacial score (nSPS) is 10.7. The molecular formula is C6H14N6O. The first-order chi connectivity index (χ1) is 6.06. The van der Waals surface area contributed by atoms with Gasteiger partial charge in [0.25, 0.3) is 0 Å². The summed E-state index contributed by atoms with van der Waals surface area (Å²) in [6.45, 7) is 0.266. The van der Waals surface area contributed by atoms with Gasteiger partial charge in [-0.2, -0.15) is 4.99 Å². The highest BCUT2D eigenvalue weighted by Gasteiger charge is 1.95. The van der Waals surface area contributed by atoms with E-state index in [0.29, 0.717) is 0 Å². The van der Waals surface area contributed by atoms with Gasteiger partial charge in [-0.3, -0.25) is 9.79 Å². The van der Waals surface area contributed by atoms with E-state index in [-0.39, 0.29) is 30.8 Å². The minimum atomic E-state index is -0.152. The maximum absolute atomic E-state index is 10.7. The van der Waals surface area contributed by atoms with Gasteiger partial charge in [0.1, 0.15) is 0 Å². The molecule has 0 radical (unpaired) electrons. The molecule has 0 aromatic heterocycles. The molecule has 0 aliphatic heterocycles. The van der Waals surface area contributed by atoms with Crippen LogP contribution < -0.4 is 22.5 Å². The van der Waals surface area contributed by atoms with Gasteiger partial charge < -0.3 is 22.5 Å². The summed E-state index contributed by atoms with van der Waals surface area (Å²) in [5, 5.41) is 2.45. The van der Waals surface area contributed by atoms with Crippen LogP contribution in [0.3, 0.4) is 0 Å². The van der Waals surface area contributed by atoms with Crippen LogP contribution in [0.4, 0.5) is 0 Å². The summed E-state index contributed by atoms with van der Waals surface area (Å²) in [7, 11) is 1.55. The predicted octanol–water partition coefficient (Wildman–Crippen LogP) is -2.29. The Morgan fingerprint density at radius 3 is 2.46 bits per heavy atom. The lowest BCUT2D eigenvalue weighted by Crippen LogP contribution is -2.26. The fourth-order valence-electron chi connectivity index (χ4n) is 0.565. The van der Waals surface area contributed by atoms with Crippen molar-refractivity contribution in [3.63, 3.8) is 0 Å². The number of nitrogens with zero attached hydrogens (tertiary/aromatic N) is 2. The van der Waals surface area contributed by atoms with E-state index in [4.69, 9.17) is 17.2 Å². The number of carbonyl (C=O) groups is 1. The van der Waals surface area contributed by atoms with Gasteiger partial charge in [-0.05, 0) is 0 Å². The summed E-state index contributed by atoms with van der Waals surface area (Å²) >= 11 is 0. The second-order valence-corrected chi connectivity index (χ2v) is 2.20. The predicted molar refractivity (Wildman–Crippen MR) is 51.0 cm³/mol. The fraction of sp³-hybridized carbons (Fsp3) is 0.500. The molecule has 1 amide bonds. The van der Waals surface area contributed by atoms with Crippen molar-refractivity contribution in [3.8, 4) is 0 Å². The Labute approximate surface area is 76.1 Å². The molecule has 0 aliphatic rings. The van der Waals surface area contributed by atoms with Crippen LogP contribution in [0.15, 0.2) is 9.98 Å². The largest absolute Gasteiger partial charge is 0.370 e. The molecule has 7 N–H and O–H groups in total. The summed E-state index contributed by atoms with van der Waals surface area (Å²) in [5.74, 6) is -0.286. The number of nitrogens with two attached hydrogens (primary N) is 3. The van der Waals surface area contributed by atoms with Crippen molar-refractivity contribution in [2.24, 2.45) is 27.2 Å². The van der Waals surface area contributed by atoms with E-state index in [2.05, 4.69) is 15.3 Å². The minimum Gasteiger partial charge on any atom is -0.370 e. The number of carbonyl (C=O) groups excluding carboxylic acids is 1. The second kappa shape index (κ2) is 5.81. The van der Waals surface area contributed by atoms with Gasteiger partial charge in [0, 0.05) is 13.5 Å². The van der Waals surface area contributed by atoms with Crippen molar-refractivity contribution in [3.05, 3.63) is 0 Å². The molecule has 0 bridgehead atoms. The van der Waals surface area contributed by atoms with Crippen LogP contribution in [-0.2, 0) is 4.79 Å². The number of nitrogens with one attached hydrogen (secondary N) is 1. The smallest absolute Gasteiger partial charge is 0.221 e. The molecule has 7 nitrogen and oxygen atoms in total. The minimum absolute atomic E-state index is 0.0242. The third kappa shape index (κ3) is 6.60. The summed E-state index contributed by atoms with van der Waals surface area (Å²) in [6.07, 6.45) is 0.261. The van der Waals surface area contributed by atoms with Gasteiger partial charge in [-0.25, -0.2) is 0 Å². The van der Waals surface area contributed by atoms with Crippen molar-refractivity contribution in [1.82, 2.24) is 5.32 Å². The van der Waals surface area contributed by atoms with Gasteiger partial charge in [0.05, 0.1) is 6.54 Å². The van der Waals surface area contributed by atoms with E-state index >= 15 is 0 Å². The third-order valence-electron chi connectivity index (χ3n) is 1.14. The number of hydrogen-bond donors (Lipinski definition) is 4. The quantitative estimate of drug-likeness (QED) is 0.291. The molecule has 0 rings (SSSR count). The topological polar surface area (TPSA) is 132 Å². The van der Waals surface area contributed by atoms with E-state index in [1.807, 2.05) is 0 Å². The number of rotatable bonds is 3. The summed E-state index contributed by atoms with van der Waals surface area (Å²) in [5.41, 5.74) is 15.4. The van der Waals surface area contributed by atoms with Crippen molar-refractivity contribution >= 4 is 17.8 Å². The van der Waals surface area contributed by atoms with Crippen molar-refractivity contribution in [1.29, 1.82) is 0 Å². The lowest BCUT2D eigenvalue weighted by atomic mass is 10.4. The van der Waals surface area contributed by atoms with Crippen LogP contribution in [0, 0.1) is 0 Å². The Morgan fingerprint density at radius 1 is 1.38 bits per heavy atom. The molecular weight excluding hydrogens is 172 g/mol. The van der Waals surface area contributed by atoms with Crippen molar-refractivity contribution < 1.29 is 4.79 Å². The lowest BCUT2D eigenvalue weighted by Gasteiger charge is -1.96. The van der Waals surface area contributed by atoms with Crippen LogP contribution >= 0.6 is 0 Å².